The Morgan fingerprint density at radius 2 is 1.96 bits per heavy atom. The van der Waals surface area contributed by atoms with E-state index < -0.39 is 0 Å². The molecule has 2 aromatic carbocycles. The van der Waals surface area contributed by atoms with Crippen LogP contribution in [0.4, 0.5) is 4.39 Å². The molecule has 130 valence electrons. The summed E-state index contributed by atoms with van der Waals surface area (Å²) in [7, 11) is 1.71. The summed E-state index contributed by atoms with van der Waals surface area (Å²) in [6.07, 6.45) is 3.04. The lowest BCUT2D eigenvalue weighted by Gasteiger charge is -2.16. The normalized spacial score (nSPS) is 11.0. The van der Waals surface area contributed by atoms with Gasteiger partial charge in [0.15, 0.2) is 0 Å². The molecule has 0 atom stereocenters. The Bertz CT molecular complexity index is 1030. The summed E-state index contributed by atoms with van der Waals surface area (Å²) in [6, 6.07) is 13.6. The van der Waals surface area contributed by atoms with Gasteiger partial charge in [-0.05, 0) is 36.4 Å². The van der Waals surface area contributed by atoms with Crippen molar-refractivity contribution in [2.24, 2.45) is 0 Å². The standard InChI is InChI=1S/C19H16FN5O/c1-24(11-18-22-15-4-2-3-5-16(15)23-18)19(26)17-10-21-12-25(17)14-8-6-13(20)7-9-14/h2-10,12H,11H2,1H3,(H,22,23). The van der Waals surface area contributed by atoms with Gasteiger partial charge in [-0.25, -0.2) is 14.4 Å². The summed E-state index contributed by atoms with van der Waals surface area (Å²) in [5, 5.41) is 0. The summed E-state index contributed by atoms with van der Waals surface area (Å²) >= 11 is 0. The van der Waals surface area contributed by atoms with Crippen LogP contribution in [0.5, 0.6) is 0 Å². The summed E-state index contributed by atoms with van der Waals surface area (Å²) in [5.74, 6) is 0.172. The molecule has 4 aromatic rings. The van der Waals surface area contributed by atoms with Crippen molar-refractivity contribution in [3.63, 3.8) is 0 Å². The van der Waals surface area contributed by atoms with Crippen LogP contribution in [-0.4, -0.2) is 37.4 Å². The van der Waals surface area contributed by atoms with Crippen LogP contribution in [0.3, 0.4) is 0 Å². The van der Waals surface area contributed by atoms with Crippen LogP contribution in [0.2, 0.25) is 0 Å². The quantitative estimate of drug-likeness (QED) is 0.615. The van der Waals surface area contributed by atoms with Gasteiger partial charge in [0.25, 0.3) is 5.91 Å². The number of benzene rings is 2. The molecule has 0 bridgehead atoms. The number of aromatic amines is 1. The van der Waals surface area contributed by atoms with Gasteiger partial charge in [-0.2, -0.15) is 0 Å². The van der Waals surface area contributed by atoms with Gasteiger partial charge in [-0.1, -0.05) is 12.1 Å². The molecule has 0 fully saturated rings. The fourth-order valence-electron chi connectivity index (χ4n) is 2.83. The van der Waals surface area contributed by atoms with Gasteiger partial charge in [0, 0.05) is 12.7 Å². The van der Waals surface area contributed by atoms with Gasteiger partial charge in [0.1, 0.15) is 17.3 Å². The predicted octanol–water partition coefficient (Wildman–Crippen LogP) is 3.16. The second-order valence-corrected chi connectivity index (χ2v) is 5.99. The van der Waals surface area contributed by atoms with E-state index in [1.54, 1.807) is 28.6 Å². The fourth-order valence-corrected chi connectivity index (χ4v) is 2.83. The van der Waals surface area contributed by atoms with Crippen molar-refractivity contribution >= 4 is 16.9 Å². The van der Waals surface area contributed by atoms with Crippen molar-refractivity contribution in [1.82, 2.24) is 24.4 Å². The average Bonchev–Trinajstić information content (AvgIpc) is 3.28. The lowest BCUT2D eigenvalue weighted by atomic mass is 10.3. The number of fused-ring (bicyclic) bond motifs is 1. The number of hydrogen-bond acceptors (Lipinski definition) is 3. The highest BCUT2D eigenvalue weighted by Gasteiger charge is 2.18. The maximum absolute atomic E-state index is 13.1. The van der Waals surface area contributed by atoms with E-state index in [1.165, 1.54) is 24.7 Å². The highest BCUT2D eigenvalue weighted by molar-refractivity contribution is 5.92. The molecule has 0 unspecified atom stereocenters. The van der Waals surface area contributed by atoms with E-state index in [0.29, 0.717) is 23.8 Å². The second kappa shape index (κ2) is 6.44. The summed E-state index contributed by atoms with van der Waals surface area (Å²) in [4.78, 5) is 26.2. The third-order valence-electron chi connectivity index (χ3n) is 4.13. The van der Waals surface area contributed by atoms with Crippen LogP contribution in [0.25, 0.3) is 16.7 Å². The lowest BCUT2D eigenvalue weighted by molar-refractivity contribution is 0.0774. The van der Waals surface area contributed by atoms with Gasteiger partial charge in [-0.15, -0.1) is 0 Å². The number of carbonyl (C=O) groups is 1. The number of nitrogens with one attached hydrogen (secondary N) is 1. The van der Waals surface area contributed by atoms with Crippen LogP contribution < -0.4 is 0 Å². The number of hydrogen-bond donors (Lipinski definition) is 1. The molecule has 6 nitrogen and oxygen atoms in total. The number of aromatic nitrogens is 4. The number of nitrogens with zero attached hydrogens (tertiary/aromatic N) is 4. The van der Waals surface area contributed by atoms with Crippen molar-refractivity contribution in [2.75, 3.05) is 7.05 Å². The Morgan fingerprint density at radius 3 is 2.73 bits per heavy atom. The number of imidazole rings is 2. The van der Waals surface area contributed by atoms with Gasteiger partial charge < -0.3 is 9.88 Å². The maximum atomic E-state index is 13.1. The van der Waals surface area contributed by atoms with E-state index in [-0.39, 0.29) is 11.7 Å². The van der Waals surface area contributed by atoms with Gasteiger partial charge >= 0.3 is 0 Å². The Labute approximate surface area is 148 Å². The molecule has 0 aliphatic carbocycles. The predicted molar refractivity (Wildman–Crippen MR) is 95.4 cm³/mol. The number of H-pyrrole nitrogens is 1. The second-order valence-electron chi connectivity index (χ2n) is 5.99. The Hall–Kier alpha value is -3.48. The van der Waals surface area contributed by atoms with E-state index in [9.17, 15) is 9.18 Å². The van der Waals surface area contributed by atoms with E-state index >= 15 is 0 Å². The van der Waals surface area contributed by atoms with E-state index in [0.717, 1.165) is 11.0 Å². The van der Waals surface area contributed by atoms with Gasteiger partial charge in [0.05, 0.1) is 30.1 Å². The molecule has 1 N–H and O–H groups in total. The fraction of sp³-hybridized carbons (Fsp3) is 0.105. The smallest absolute Gasteiger partial charge is 0.272 e. The van der Waals surface area contributed by atoms with Crippen LogP contribution in [0, 0.1) is 5.82 Å². The molecule has 1 amide bonds. The summed E-state index contributed by atoms with van der Waals surface area (Å²) in [6.45, 7) is 0.335. The van der Waals surface area contributed by atoms with Crippen molar-refractivity contribution < 1.29 is 9.18 Å². The number of halogens is 1. The summed E-state index contributed by atoms with van der Waals surface area (Å²) < 4.78 is 14.8. The van der Waals surface area contributed by atoms with Crippen molar-refractivity contribution in [3.05, 3.63) is 78.4 Å². The Balaban J connectivity index is 1.57. The van der Waals surface area contributed by atoms with E-state index in [1.807, 2.05) is 24.3 Å². The van der Waals surface area contributed by atoms with E-state index in [2.05, 4.69) is 15.0 Å². The zero-order valence-corrected chi connectivity index (χ0v) is 14.1. The number of rotatable bonds is 4. The first kappa shape index (κ1) is 16.0. The third kappa shape index (κ3) is 2.95. The minimum absolute atomic E-state index is 0.202. The average molecular weight is 349 g/mol. The largest absolute Gasteiger partial charge is 0.340 e. The van der Waals surface area contributed by atoms with Crippen molar-refractivity contribution in [3.8, 4) is 5.69 Å². The maximum Gasteiger partial charge on any atom is 0.272 e. The van der Waals surface area contributed by atoms with Crippen LogP contribution in [-0.2, 0) is 6.54 Å². The van der Waals surface area contributed by atoms with Gasteiger partial charge in [-0.3, -0.25) is 9.36 Å². The third-order valence-corrected chi connectivity index (χ3v) is 4.13. The topological polar surface area (TPSA) is 66.8 Å². The molecule has 0 saturated heterocycles. The summed E-state index contributed by atoms with van der Waals surface area (Å²) in [5.41, 5.74) is 2.86. The first-order valence-electron chi connectivity index (χ1n) is 8.09. The molecule has 2 heterocycles. The molecule has 0 aliphatic rings. The first-order chi connectivity index (χ1) is 12.6. The molecule has 0 aliphatic heterocycles. The Kier molecular flexibility index (Phi) is 3.96. The van der Waals surface area contributed by atoms with Crippen LogP contribution in [0.1, 0.15) is 16.3 Å². The highest BCUT2D eigenvalue weighted by Crippen LogP contribution is 2.16. The zero-order valence-electron chi connectivity index (χ0n) is 14.1. The molecular formula is C19H16FN5O. The molecule has 4 rings (SSSR count). The van der Waals surface area contributed by atoms with Gasteiger partial charge in [0.2, 0.25) is 0 Å². The highest BCUT2D eigenvalue weighted by atomic mass is 19.1. The molecule has 26 heavy (non-hydrogen) atoms. The molecule has 0 saturated carbocycles. The molecule has 2 aromatic heterocycles. The Morgan fingerprint density at radius 1 is 1.19 bits per heavy atom. The van der Waals surface area contributed by atoms with Crippen LogP contribution >= 0.6 is 0 Å². The number of amides is 1. The molecule has 0 spiro atoms. The minimum atomic E-state index is -0.330. The SMILES string of the molecule is CN(Cc1nc2ccccc2[nH]1)C(=O)c1cncn1-c1ccc(F)cc1. The van der Waals surface area contributed by atoms with E-state index in [4.69, 9.17) is 0 Å². The van der Waals surface area contributed by atoms with Crippen molar-refractivity contribution in [1.29, 1.82) is 0 Å². The number of para-hydroxylation sites is 2. The van der Waals surface area contributed by atoms with Crippen LogP contribution in [0.15, 0.2) is 61.1 Å². The molecule has 0 radical (unpaired) electrons. The number of carbonyl (C=O) groups excluding carboxylic acids is 1. The zero-order chi connectivity index (χ0) is 18.1. The molecular weight excluding hydrogens is 333 g/mol. The monoisotopic (exact) mass is 349 g/mol. The van der Waals surface area contributed by atoms with Crippen molar-refractivity contribution in [2.45, 2.75) is 6.54 Å². The lowest BCUT2D eigenvalue weighted by Crippen LogP contribution is -2.28. The molecule has 7 heteroatoms. The minimum Gasteiger partial charge on any atom is -0.340 e. The first-order valence-corrected chi connectivity index (χ1v) is 8.09.